The van der Waals surface area contributed by atoms with Gasteiger partial charge in [-0.3, -0.25) is 23.1 Å². The minimum Gasteiger partial charge on any atom is -0.462 e. The fraction of sp³-hybridized carbons (Fsp3) is 0.318. The molecule has 0 aliphatic rings. The summed E-state index contributed by atoms with van der Waals surface area (Å²) in [6.07, 6.45) is 1.75. The van der Waals surface area contributed by atoms with Gasteiger partial charge in [-0.1, -0.05) is 0 Å². The Morgan fingerprint density at radius 2 is 1.81 bits per heavy atom. The first-order valence-corrected chi connectivity index (χ1v) is 10.2. The van der Waals surface area contributed by atoms with Crippen molar-refractivity contribution in [3.8, 4) is 5.69 Å². The molecule has 0 N–H and O–H groups in total. The monoisotopic (exact) mass is 437 g/mol. The number of aryl methyl sites for hydroxylation is 2. The van der Waals surface area contributed by atoms with E-state index in [9.17, 15) is 19.2 Å². The van der Waals surface area contributed by atoms with Crippen molar-refractivity contribution in [1.82, 2.24) is 23.1 Å². The Labute approximate surface area is 182 Å². The van der Waals surface area contributed by atoms with Gasteiger partial charge in [-0.2, -0.15) is 4.98 Å². The van der Waals surface area contributed by atoms with Gasteiger partial charge in [-0.15, -0.1) is 0 Å². The third kappa shape index (κ3) is 3.06. The molecule has 0 bridgehead atoms. The zero-order valence-electron chi connectivity index (χ0n) is 18.4. The van der Waals surface area contributed by atoms with Crippen LogP contribution in [0.1, 0.15) is 42.9 Å². The van der Waals surface area contributed by atoms with Crippen molar-refractivity contribution in [3.05, 3.63) is 62.6 Å². The van der Waals surface area contributed by atoms with Gasteiger partial charge in [0.2, 0.25) is 5.78 Å². The van der Waals surface area contributed by atoms with Crippen LogP contribution >= 0.6 is 0 Å². The molecule has 1 aromatic carbocycles. The van der Waals surface area contributed by atoms with E-state index in [0.29, 0.717) is 11.3 Å². The highest BCUT2D eigenvalue weighted by atomic mass is 16.5. The number of ether oxygens (including phenoxy) is 1. The molecule has 3 aromatic heterocycles. The molecule has 0 spiro atoms. The van der Waals surface area contributed by atoms with E-state index in [2.05, 4.69) is 4.98 Å². The summed E-state index contributed by atoms with van der Waals surface area (Å²) in [5.74, 6) is -0.267. The highest BCUT2D eigenvalue weighted by Gasteiger charge is 2.24. The Bertz CT molecular complexity index is 1500. The van der Waals surface area contributed by atoms with Gasteiger partial charge in [0.05, 0.1) is 18.2 Å². The second-order valence-corrected chi connectivity index (χ2v) is 7.63. The Hall–Kier alpha value is -3.95. The highest BCUT2D eigenvalue weighted by molar-refractivity contribution is 5.89. The SMILES string of the molecule is CCOC(=O)c1ccc(-n2c(C)cn3c4c(=O)n([C@@H](C)C(C)=O)c(=O)n(C)c4nc23)cc1. The third-order valence-electron chi connectivity index (χ3n) is 5.59. The number of fused-ring (bicyclic) bond motifs is 3. The number of esters is 1. The van der Waals surface area contributed by atoms with Crippen LogP contribution < -0.4 is 11.2 Å². The van der Waals surface area contributed by atoms with Crippen molar-refractivity contribution >= 4 is 28.7 Å². The maximum absolute atomic E-state index is 13.2. The van der Waals surface area contributed by atoms with Crippen molar-refractivity contribution in [2.45, 2.75) is 33.7 Å². The topological polar surface area (TPSA) is 110 Å². The molecule has 0 amide bonds. The molecule has 0 unspecified atom stereocenters. The van der Waals surface area contributed by atoms with Gasteiger partial charge in [-0.25, -0.2) is 14.2 Å². The molecular weight excluding hydrogens is 414 g/mol. The molecule has 0 saturated heterocycles. The van der Waals surface area contributed by atoms with Crippen LogP contribution in [0.3, 0.4) is 0 Å². The Morgan fingerprint density at radius 3 is 2.41 bits per heavy atom. The lowest BCUT2D eigenvalue weighted by Gasteiger charge is -2.12. The highest BCUT2D eigenvalue weighted by Crippen LogP contribution is 2.22. The van der Waals surface area contributed by atoms with E-state index in [-0.39, 0.29) is 23.6 Å². The number of carbonyl (C=O) groups is 2. The van der Waals surface area contributed by atoms with Crippen LogP contribution in [0.2, 0.25) is 0 Å². The van der Waals surface area contributed by atoms with Crippen molar-refractivity contribution in [3.63, 3.8) is 0 Å². The fourth-order valence-corrected chi connectivity index (χ4v) is 3.78. The number of ketones is 1. The van der Waals surface area contributed by atoms with Gasteiger partial charge < -0.3 is 4.74 Å². The Morgan fingerprint density at radius 1 is 1.16 bits per heavy atom. The number of imidazole rings is 2. The molecule has 0 radical (unpaired) electrons. The minimum atomic E-state index is -0.894. The van der Waals surface area contributed by atoms with Gasteiger partial charge in [0, 0.05) is 24.6 Å². The van der Waals surface area contributed by atoms with Crippen LogP contribution in [-0.4, -0.2) is 41.4 Å². The number of aromatic nitrogens is 5. The van der Waals surface area contributed by atoms with E-state index >= 15 is 0 Å². The number of nitrogens with zero attached hydrogens (tertiary/aromatic N) is 5. The summed E-state index contributed by atoms with van der Waals surface area (Å²) in [6.45, 7) is 6.76. The molecule has 32 heavy (non-hydrogen) atoms. The Balaban J connectivity index is 1.97. The fourth-order valence-electron chi connectivity index (χ4n) is 3.78. The van der Waals surface area contributed by atoms with Gasteiger partial charge in [-0.05, 0) is 52.0 Å². The minimum absolute atomic E-state index is 0.209. The predicted molar refractivity (Wildman–Crippen MR) is 118 cm³/mol. The second kappa shape index (κ2) is 7.63. The van der Waals surface area contributed by atoms with Crippen LogP contribution in [0.4, 0.5) is 0 Å². The summed E-state index contributed by atoms with van der Waals surface area (Å²) in [5, 5.41) is 0. The molecule has 0 fully saturated rings. The van der Waals surface area contributed by atoms with Gasteiger partial charge >= 0.3 is 11.7 Å². The van der Waals surface area contributed by atoms with Gasteiger partial charge in [0.25, 0.3) is 5.56 Å². The third-order valence-corrected chi connectivity index (χ3v) is 5.59. The molecule has 166 valence electrons. The van der Waals surface area contributed by atoms with E-state index in [1.54, 1.807) is 41.8 Å². The number of carbonyl (C=O) groups excluding carboxylic acids is 2. The maximum atomic E-state index is 13.2. The second-order valence-electron chi connectivity index (χ2n) is 7.63. The number of Topliss-reactive ketones (excluding diaryl/α,β-unsaturated/α-hetero) is 1. The first kappa shape index (κ1) is 21.3. The quantitative estimate of drug-likeness (QED) is 0.440. The maximum Gasteiger partial charge on any atom is 0.338 e. The Kier molecular flexibility index (Phi) is 5.08. The summed E-state index contributed by atoms with van der Waals surface area (Å²) in [5.41, 5.74) is 1.19. The summed E-state index contributed by atoms with van der Waals surface area (Å²) in [4.78, 5) is 54.4. The lowest BCUT2D eigenvalue weighted by molar-refractivity contribution is -0.119. The number of hydrogen-bond acceptors (Lipinski definition) is 6. The molecule has 10 nitrogen and oxygen atoms in total. The largest absolute Gasteiger partial charge is 0.462 e. The molecule has 10 heteroatoms. The first-order chi connectivity index (χ1) is 15.2. The lowest BCUT2D eigenvalue weighted by atomic mass is 10.2. The summed E-state index contributed by atoms with van der Waals surface area (Å²) in [7, 11) is 1.52. The van der Waals surface area contributed by atoms with E-state index in [4.69, 9.17) is 4.74 Å². The van der Waals surface area contributed by atoms with E-state index in [1.165, 1.54) is 25.5 Å². The average molecular weight is 437 g/mol. The average Bonchev–Trinajstić information content (AvgIpc) is 3.27. The van der Waals surface area contributed by atoms with E-state index < -0.39 is 23.3 Å². The molecule has 0 aliphatic heterocycles. The van der Waals surface area contributed by atoms with E-state index in [0.717, 1.165) is 15.9 Å². The number of benzene rings is 1. The summed E-state index contributed by atoms with van der Waals surface area (Å²) < 4.78 is 10.7. The molecule has 4 rings (SSSR count). The van der Waals surface area contributed by atoms with Crippen LogP contribution in [0.5, 0.6) is 0 Å². The molecular formula is C22H23N5O5. The van der Waals surface area contributed by atoms with Gasteiger partial charge in [0.15, 0.2) is 16.9 Å². The van der Waals surface area contributed by atoms with Gasteiger partial charge in [0.1, 0.15) is 0 Å². The standard InChI is InChI=1S/C22H23N5O5/c1-6-32-20(30)15-7-9-16(10-8-15)26-12(2)11-25-17-18(23-21(25)26)24(5)22(31)27(19(17)29)13(3)14(4)28/h7-11,13H,6H2,1-5H3/t13-/m0/s1. The zero-order chi connectivity index (χ0) is 23.3. The number of hydrogen-bond donors (Lipinski definition) is 0. The molecule has 0 aliphatic carbocycles. The van der Waals surface area contributed by atoms with Crippen LogP contribution in [0, 0.1) is 6.92 Å². The van der Waals surface area contributed by atoms with Crippen LogP contribution in [0.15, 0.2) is 40.1 Å². The smallest absolute Gasteiger partial charge is 0.338 e. The lowest BCUT2D eigenvalue weighted by Crippen LogP contribution is -2.42. The van der Waals surface area contributed by atoms with Crippen molar-refractivity contribution in [1.29, 1.82) is 0 Å². The molecule has 0 saturated carbocycles. The molecule has 3 heterocycles. The van der Waals surface area contributed by atoms with Crippen LogP contribution in [-0.2, 0) is 16.6 Å². The summed E-state index contributed by atoms with van der Waals surface area (Å²) >= 11 is 0. The predicted octanol–water partition coefficient (Wildman–Crippen LogP) is 1.77. The van der Waals surface area contributed by atoms with Crippen molar-refractivity contribution in [2.24, 2.45) is 7.05 Å². The van der Waals surface area contributed by atoms with E-state index in [1.807, 2.05) is 11.5 Å². The molecule has 1 atom stereocenters. The molecule has 4 aromatic rings. The van der Waals surface area contributed by atoms with Crippen LogP contribution in [0.25, 0.3) is 22.6 Å². The first-order valence-electron chi connectivity index (χ1n) is 10.2. The van der Waals surface area contributed by atoms with Crippen molar-refractivity contribution < 1.29 is 14.3 Å². The summed E-state index contributed by atoms with van der Waals surface area (Å²) in [6, 6.07) is 5.93. The van der Waals surface area contributed by atoms with Crippen molar-refractivity contribution in [2.75, 3.05) is 6.61 Å². The number of rotatable bonds is 5. The zero-order valence-corrected chi connectivity index (χ0v) is 18.4. The normalized spacial score (nSPS) is 12.4.